The molecule has 3 aliphatic heterocycles. The van der Waals surface area contributed by atoms with E-state index in [4.69, 9.17) is 18.9 Å². The van der Waals surface area contributed by atoms with Gasteiger partial charge in [0.25, 0.3) is 5.91 Å². The number of nitrogens with zero attached hydrogens (tertiary/aromatic N) is 2. The van der Waals surface area contributed by atoms with Crippen molar-refractivity contribution >= 4 is 35.5 Å². The Morgan fingerprint density at radius 3 is 2.42 bits per heavy atom. The Labute approximate surface area is 324 Å². The summed E-state index contributed by atoms with van der Waals surface area (Å²) in [5, 5.41) is 14.9. The third-order valence-electron chi connectivity index (χ3n) is 8.64. The molecule has 0 bridgehead atoms. The number of ether oxygens (including phenoxy) is 4. The molecule has 279 valence electrons. The number of nitrogens with one attached hydrogen (secondary N) is 5. The third kappa shape index (κ3) is 14.3. The average Bonchev–Trinajstić information content (AvgIpc) is 3.86. The maximum Gasteiger partial charge on any atom is 0.315 e. The molecule has 3 aliphatic rings. The summed E-state index contributed by atoms with van der Waals surface area (Å²) in [6.07, 6.45) is 9.68. The number of rotatable bonds is 23. The van der Waals surface area contributed by atoms with Crippen molar-refractivity contribution in [1.29, 1.82) is 0 Å². The van der Waals surface area contributed by atoms with Crippen LogP contribution in [0.2, 0.25) is 0 Å². The van der Waals surface area contributed by atoms with Gasteiger partial charge in [0.1, 0.15) is 11.9 Å². The van der Waals surface area contributed by atoms with Gasteiger partial charge in [-0.1, -0.05) is 32.8 Å². The molecule has 0 saturated carbocycles. The van der Waals surface area contributed by atoms with E-state index < -0.39 is 0 Å². The average molecular weight is 798 g/mol. The van der Waals surface area contributed by atoms with Crippen molar-refractivity contribution in [3.8, 4) is 0 Å². The predicted molar refractivity (Wildman–Crippen MR) is 184 cm³/mol. The molecule has 4 rings (SSSR count). The Balaban J connectivity index is 0.00000676. The number of carbonyl (C=O) groups excluding carboxylic acids is 4. The molecule has 0 spiro atoms. The molecule has 1 radical (unpaired) electrons. The van der Waals surface area contributed by atoms with E-state index in [0.29, 0.717) is 64.4 Å². The van der Waals surface area contributed by atoms with E-state index in [2.05, 4.69) is 51.8 Å². The molecule has 4 heterocycles. The van der Waals surface area contributed by atoms with Gasteiger partial charge in [-0.25, -0.2) is 9.78 Å². The van der Waals surface area contributed by atoms with Crippen LogP contribution in [0.4, 0.5) is 4.79 Å². The van der Waals surface area contributed by atoms with Crippen molar-refractivity contribution in [3.05, 3.63) is 24.6 Å². The number of aromatic nitrogens is 2. The van der Waals surface area contributed by atoms with Crippen LogP contribution < -0.4 is 26.6 Å². The summed E-state index contributed by atoms with van der Waals surface area (Å²) in [6.45, 7) is 9.12. The summed E-state index contributed by atoms with van der Waals surface area (Å²) in [5.41, 5.74) is 0.282. The zero-order valence-electron chi connectivity index (χ0n) is 29.5. The maximum absolute atomic E-state index is 12.6. The van der Waals surface area contributed by atoms with Gasteiger partial charge in [0, 0.05) is 81.9 Å². The molecule has 0 aromatic carbocycles. The number of carbonyl (C=O) groups is 4. The van der Waals surface area contributed by atoms with Gasteiger partial charge >= 0.3 is 6.03 Å². The van der Waals surface area contributed by atoms with E-state index in [-0.39, 0.29) is 105 Å². The maximum atomic E-state index is 12.6. The van der Waals surface area contributed by atoms with Crippen LogP contribution in [-0.2, 0) is 61.2 Å². The largest absolute Gasteiger partial charge is 0.389 e. The van der Waals surface area contributed by atoms with Gasteiger partial charge in [0.15, 0.2) is 0 Å². The number of fused-ring (bicyclic) bond motifs is 1. The topological polar surface area (TPSA) is 183 Å². The van der Waals surface area contributed by atoms with Gasteiger partial charge in [-0.2, -0.15) is 11.8 Å². The number of imidazole rings is 1. The van der Waals surface area contributed by atoms with Gasteiger partial charge in [-0.15, -0.1) is 5.92 Å². The molecule has 0 aliphatic carbocycles. The van der Waals surface area contributed by atoms with Gasteiger partial charge in [-0.3, -0.25) is 20.8 Å². The summed E-state index contributed by atoms with van der Waals surface area (Å²) in [5.74, 6) is 0.668. The van der Waals surface area contributed by atoms with Crippen molar-refractivity contribution in [3.63, 3.8) is 0 Å². The first kappa shape index (κ1) is 42.6. The molecule has 3 fully saturated rings. The fraction of sp³-hybridized carbons (Fsp3) is 0.758. The minimum absolute atomic E-state index is 0. The Kier molecular flexibility index (Phi) is 19.6. The Morgan fingerprint density at radius 2 is 1.74 bits per heavy atom. The SMILES string of the molecule is CC[C@@H]1[CH-][C@H](C)[C@H](n2cnc(C(=O)NC(C)CC(=O)NCCOCCOCCOCCNC(=O)CCCC[C@@H]3SC[C@H]4NC(=O)N[C@@H]34)c2)O1.[Y]. The standard InChI is InChI=1S/C33H54N7O8S.Y/c1-4-24-17-22(2)32(48-24)40-19-25(36-21-40)31(43)37-23(3)18-29(42)35-10-12-46-14-16-47-15-13-45-11-9-34-28(41)8-6-5-7-27-30-26(20-49-27)38-33(44)39-30;/h17,19,21-24,26-27,30,32H,4-16,18,20H2,1-3H3,(H,34,41)(H,35,42)(H,37,43)(H2,38,39,44);/q-1;/t22-,23?,24+,26+,27-,30+,32+;/m0./s1. The zero-order chi connectivity index (χ0) is 35.0. The number of urea groups is 1. The first-order valence-electron chi connectivity index (χ1n) is 17.5. The molecular formula is C33H54N7O8SY-. The molecule has 3 saturated heterocycles. The van der Waals surface area contributed by atoms with Gasteiger partial charge < -0.3 is 50.1 Å². The smallest absolute Gasteiger partial charge is 0.315 e. The van der Waals surface area contributed by atoms with Crippen LogP contribution in [0, 0.1) is 12.3 Å². The quantitative estimate of drug-likeness (QED) is 0.0619. The van der Waals surface area contributed by atoms with Gasteiger partial charge in [0.05, 0.1) is 58.1 Å². The van der Waals surface area contributed by atoms with Crippen LogP contribution in [0.3, 0.4) is 0 Å². The van der Waals surface area contributed by atoms with Crippen molar-refractivity contribution < 1.29 is 70.8 Å². The van der Waals surface area contributed by atoms with Crippen LogP contribution in [0.15, 0.2) is 12.5 Å². The van der Waals surface area contributed by atoms with Crippen LogP contribution in [0.5, 0.6) is 0 Å². The molecule has 5 amide bonds. The van der Waals surface area contributed by atoms with E-state index in [1.54, 1.807) is 19.4 Å². The number of hydrogen-bond acceptors (Lipinski definition) is 10. The van der Waals surface area contributed by atoms with Crippen LogP contribution >= 0.6 is 11.8 Å². The van der Waals surface area contributed by atoms with Crippen molar-refractivity contribution in [2.75, 3.05) is 58.5 Å². The Bertz CT molecular complexity index is 1210. The molecule has 5 N–H and O–H groups in total. The van der Waals surface area contributed by atoms with Crippen molar-refractivity contribution in [2.45, 2.75) is 95.0 Å². The van der Waals surface area contributed by atoms with E-state index in [0.717, 1.165) is 31.4 Å². The Morgan fingerprint density at radius 1 is 1.06 bits per heavy atom. The summed E-state index contributed by atoms with van der Waals surface area (Å²) in [6, 6.07) is 0.00862. The molecule has 1 aromatic rings. The number of thioether (sulfide) groups is 1. The molecule has 15 nitrogen and oxygen atoms in total. The number of unbranched alkanes of at least 4 members (excludes halogenated alkanes) is 1. The molecule has 1 aromatic heterocycles. The predicted octanol–water partition coefficient (Wildman–Crippen LogP) is 1.54. The van der Waals surface area contributed by atoms with E-state index in [9.17, 15) is 19.2 Å². The number of hydrogen-bond donors (Lipinski definition) is 5. The monoisotopic (exact) mass is 797 g/mol. The normalized spacial score (nSPS) is 24.5. The van der Waals surface area contributed by atoms with E-state index in [1.807, 2.05) is 16.3 Å². The molecule has 1 unspecified atom stereocenters. The van der Waals surface area contributed by atoms with Crippen LogP contribution in [0.25, 0.3) is 0 Å². The summed E-state index contributed by atoms with van der Waals surface area (Å²) in [7, 11) is 0. The van der Waals surface area contributed by atoms with Crippen molar-refractivity contribution in [1.82, 2.24) is 36.1 Å². The van der Waals surface area contributed by atoms with Crippen LogP contribution in [-0.4, -0.2) is 121 Å². The van der Waals surface area contributed by atoms with Crippen LogP contribution in [0.1, 0.15) is 76.0 Å². The van der Waals surface area contributed by atoms with E-state index >= 15 is 0 Å². The van der Waals surface area contributed by atoms with E-state index in [1.165, 1.54) is 0 Å². The first-order chi connectivity index (χ1) is 23.7. The van der Waals surface area contributed by atoms with Gasteiger partial charge in [-0.05, 0) is 19.8 Å². The third-order valence-corrected chi connectivity index (χ3v) is 10.2. The fourth-order valence-corrected chi connectivity index (χ4v) is 7.62. The fourth-order valence-electron chi connectivity index (χ4n) is 6.08. The molecular weight excluding hydrogens is 743 g/mol. The summed E-state index contributed by atoms with van der Waals surface area (Å²) >= 11 is 1.89. The second-order valence-electron chi connectivity index (χ2n) is 12.7. The second kappa shape index (κ2) is 23.0. The summed E-state index contributed by atoms with van der Waals surface area (Å²) < 4.78 is 24.3. The second-order valence-corrected chi connectivity index (χ2v) is 14.0. The molecule has 17 heteroatoms. The zero-order valence-corrected chi connectivity index (χ0v) is 33.2. The minimum atomic E-state index is -0.368. The minimum Gasteiger partial charge on any atom is -0.389 e. The van der Waals surface area contributed by atoms with Crippen molar-refractivity contribution in [2.24, 2.45) is 5.92 Å². The number of amides is 5. The Hall–Kier alpha value is -1.82. The van der Waals surface area contributed by atoms with Gasteiger partial charge in [0.2, 0.25) is 11.8 Å². The molecule has 7 atom stereocenters. The summed E-state index contributed by atoms with van der Waals surface area (Å²) in [4.78, 5) is 52.7. The first-order valence-corrected chi connectivity index (χ1v) is 18.6. The molecule has 50 heavy (non-hydrogen) atoms.